The summed E-state index contributed by atoms with van der Waals surface area (Å²) in [5.74, 6) is 1.30. The summed E-state index contributed by atoms with van der Waals surface area (Å²) in [6.45, 7) is 0.920. The van der Waals surface area contributed by atoms with Crippen LogP contribution < -0.4 is 20.1 Å². The number of carboxylic acids is 1. The molecule has 1 aromatic carbocycles. The Morgan fingerprint density at radius 1 is 1.23 bits per heavy atom. The van der Waals surface area contributed by atoms with Crippen molar-refractivity contribution in [2.45, 2.75) is 35.6 Å². The molecule has 0 amide bonds. The van der Waals surface area contributed by atoms with E-state index in [9.17, 15) is 9.90 Å². The van der Waals surface area contributed by atoms with Crippen molar-refractivity contribution < 1.29 is 19.4 Å². The van der Waals surface area contributed by atoms with Crippen LogP contribution in [0.1, 0.15) is 24.8 Å². The molecule has 2 aliphatic heterocycles. The molecule has 2 unspecified atom stereocenters. The quantitative estimate of drug-likeness (QED) is 0.743. The van der Waals surface area contributed by atoms with E-state index in [1.807, 2.05) is 6.07 Å². The number of methoxy groups -OCH3 is 2. The lowest BCUT2D eigenvalue weighted by molar-refractivity contribution is -0.138. The zero-order valence-electron chi connectivity index (χ0n) is 15.0. The maximum absolute atomic E-state index is 11.3. The molecule has 0 saturated carbocycles. The Morgan fingerprint density at radius 2 is 2.04 bits per heavy atom. The van der Waals surface area contributed by atoms with E-state index in [1.165, 1.54) is 11.3 Å². The smallest absolute Gasteiger partial charge is 0.321 e. The second-order valence-corrected chi connectivity index (χ2v) is 8.47. The van der Waals surface area contributed by atoms with Gasteiger partial charge in [0.15, 0.2) is 11.5 Å². The maximum Gasteiger partial charge on any atom is 0.321 e. The summed E-state index contributed by atoms with van der Waals surface area (Å²) in [5.41, 5.74) is 2.36. The number of rotatable bonds is 4. The van der Waals surface area contributed by atoms with Crippen LogP contribution in [0.3, 0.4) is 0 Å². The fraction of sp³-hybridized carbons (Fsp3) is 0.526. The summed E-state index contributed by atoms with van der Waals surface area (Å²) in [6, 6.07) is 5.68. The summed E-state index contributed by atoms with van der Waals surface area (Å²) in [6.07, 6.45) is 5.12. The molecule has 1 aliphatic carbocycles. The summed E-state index contributed by atoms with van der Waals surface area (Å²) in [7, 11) is 3.30. The monoisotopic (exact) mass is 376 g/mol. The lowest BCUT2D eigenvalue weighted by Crippen LogP contribution is -2.48. The van der Waals surface area contributed by atoms with E-state index in [1.54, 1.807) is 26.0 Å². The Hall–Kier alpha value is -1.86. The molecule has 3 atom stereocenters. The van der Waals surface area contributed by atoms with Crippen molar-refractivity contribution in [1.82, 2.24) is 10.6 Å². The third-order valence-corrected chi connectivity index (χ3v) is 7.30. The van der Waals surface area contributed by atoms with Gasteiger partial charge in [-0.25, -0.2) is 0 Å². The van der Waals surface area contributed by atoms with Gasteiger partial charge < -0.3 is 19.9 Å². The minimum absolute atomic E-state index is 0.0612. The van der Waals surface area contributed by atoms with Crippen LogP contribution in [0.5, 0.6) is 11.5 Å². The Morgan fingerprint density at radius 3 is 2.73 bits per heavy atom. The van der Waals surface area contributed by atoms with E-state index in [2.05, 4.69) is 28.8 Å². The van der Waals surface area contributed by atoms with E-state index in [0.29, 0.717) is 5.75 Å². The number of thioether (sulfide) groups is 1. The Labute approximate surface area is 157 Å². The lowest BCUT2D eigenvalue weighted by atomic mass is 9.69. The highest BCUT2D eigenvalue weighted by Gasteiger charge is 2.50. The van der Waals surface area contributed by atoms with Crippen molar-refractivity contribution in [2.24, 2.45) is 0 Å². The van der Waals surface area contributed by atoms with Crippen molar-refractivity contribution >= 4 is 17.7 Å². The summed E-state index contributed by atoms with van der Waals surface area (Å²) in [5, 5.41) is 16.2. The number of ether oxygens (including phenoxy) is 2. The van der Waals surface area contributed by atoms with Crippen LogP contribution in [0.4, 0.5) is 0 Å². The van der Waals surface area contributed by atoms with Gasteiger partial charge in [0.1, 0.15) is 6.04 Å². The second-order valence-electron chi connectivity index (χ2n) is 7.12. The number of hydrogen-bond acceptors (Lipinski definition) is 6. The molecule has 1 aromatic rings. The van der Waals surface area contributed by atoms with Crippen molar-refractivity contribution in [1.29, 1.82) is 0 Å². The molecule has 2 heterocycles. The number of allylic oxidation sites excluding steroid dienone is 1. The fourth-order valence-corrected chi connectivity index (χ4v) is 5.78. The lowest BCUT2D eigenvalue weighted by Gasteiger charge is -2.41. The number of nitrogens with one attached hydrogen (secondary N) is 2. The van der Waals surface area contributed by atoms with Crippen molar-refractivity contribution in [3.05, 3.63) is 35.5 Å². The Bertz CT molecular complexity index is 768. The summed E-state index contributed by atoms with van der Waals surface area (Å²) < 4.78 is 10.9. The van der Waals surface area contributed by atoms with Gasteiger partial charge in [0.05, 0.1) is 19.1 Å². The first-order chi connectivity index (χ1) is 12.5. The normalized spacial score (nSPS) is 32.7. The van der Waals surface area contributed by atoms with Crippen LogP contribution in [0.2, 0.25) is 0 Å². The zero-order valence-corrected chi connectivity index (χ0v) is 15.8. The van der Waals surface area contributed by atoms with Crippen LogP contribution >= 0.6 is 11.8 Å². The minimum atomic E-state index is -0.774. The van der Waals surface area contributed by atoms with Crippen LogP contribution in [-0.4, -0.2) is 48.5 Å². The van der Waals surface area contributed by atoms with E-state index in [4.69, 9.17) is 9.47 Å². The highest BCUT2D eigenvalue weighted by molar-refractivity contribution is 8.01. The molecular formula is C19H24N2O4S. The predicted octanol–water partition coefficient (Wildman–Crippen LogP) is 2.10. The average molecular weight is 376 g/mol. The third-order valence-electron chi connectivity index (χ3n) is 5.84. The minimum Gasteiger partial charge on any atom is -0.493 e. The molecule has 1 spiro atoms. The van der Waals surface area contributed by atoms with Crippen LogP contribution in [0.15, 0.2) is 30.0 Å². The maximum atomic E-state index is 11.3. The molecule has 26 heavy (non-hydrogen) atoms. The second kappa shape index (κ2) is 6.39. The molecular weight excluding hydrogens is 352 g/mol. The molecule has 6 nitrogen and oxygen atoms in total. The molecule has 7 heteroatoms. The van der Waals surface area contributed by atoms with Gasteiger partial charge in [0.2, 0.25) is 0 Å². The number of benzene rings is 1. The van der Waals surface area contributed by atoms with Gasteiger partial charge in [-0.05, 0) is 43.0 Å². The number of hydrogen-bond donors (Lipinski definition) is 3. The SMILES string of the molecule is COc1ccc([C@]23CCNC2=CC2(CC3)NC(C(=O)O)CS2)cc1OC. The summed E-state index contributed by atoms with van der Waals surface area (Å²) >= 11 is 1.71. The third kappa shape index (κ3) is 2.65. The molecule has 2 saturated heterocycles. The van der Waals surface area contributed by atoms with Crippen molar-refractivity contribution in [3.8, 4) is 11.5 Å². The number of carbonyl (C=O) groups is 1. The van der Waals surface area contributed by atoms with Gasteiger partial charge >= 0.3 is 5.97 Å². The van der Waals surface area contributed by atoms with Crippen LogP contribution in [0, 0.1) is 0 Å². The molecule has 4 rings (SSSR count). The highest BCUT2D eigenvalue weighted by atomic mass is 32.2. The van der Waals surface area contributed by atoms with Crippen LogP contribution in [-0.2, 0) is 10.2 Å². The number of aliphatic carboxylic acids is 1. The molecule has 0 bridgehead atoms. The molecule has 3 aliphatic rings. The molecule has 2 fully saturated rings. The fourth-order valence-electron chi connectivity index (χ4n) is 4.42. The van der Waals surface area contributed by atoms with Crippen molar-refractivity contribution in [3.63, 3.8) is 0 Å². The Balaban J connectivity index is 1.69. The van der Waals surface area contributed by atoms with Crippen molar-refractivity contribution in [2.75, 3.05) is 26.5 Å². The predicted molar refractivity (Wildman–Crippen MR) is 101 cm³/mol. The van der Waals surface area contributed by atoms with Gasteiger partial charge in [-0.15, -0.1) is 11.8 Å². The van der Waals surface area contributed by atoms with E-state index >= 15 is 0 Å². The van der Waals surface area contributed by atoms with Gasteiger partial charge in [-0.2, -0.15) is 0 Å². The van der Waals surface area contributed by atoms with E-state index < -0.39 is 12.0 Å². The van der Waals surface area contributed by atoms with Gasteiger partial charge in [-0.1, -0.05) is 6.07 Å². The van der Waals surface area contributed by atoms with Gasteiger partial charge in [-0.3, -0.25) is 10.1 Å². The van der Waals surface area contributed by atoms with E-state index in [-0.39, 0.29) is 10.3 Å². The first kappa shape index (κ1) is 17.5. The Kier molecular flexibility index (Phi) is 4.31. The standard InChI is InChI=1S/C19H24N2O4S/c1-24-14-4-3-12(9-15(14)25-2)18-5-6-19(10-16(18)20-8-7-18)21-13(11-26-19)17(22)23/h3-4,9-10,13,20-21H,5-8,11H2,1-2H3,(H,22,23)/t13?,18-,19?/m0/s1. The topological polar surface area (TPSA) is 79.8 Å². The molecule has 3 N–H and O–H groups in total. The zero-order chi connectivity index (χ0) is 18.4. The molecule has 0 aromatic heterocycles. The number of fused-ring (bicyclic) bond motifs is 1. The first-order valence-electron chi connectivity index (χ1n) is 8.86. The average Bonchev–Trinajstić information content (AvgIpc) is 3.26. The molecule has 0 radical (unpaired) electrons. The first-order valence-corrected chi connectivity index (χ1v) is 9.85. The largest absolute Gasteiger partial charge is 0.493 e. The van der Waals surface area contributed by atoms with E-state index in [0.717, 1.165) is 37.3 Å². The van der Waals surface area contributed by atoms with Gasteiger partial charge in [0, 0.05) is 23.4 Å². The molecule has 140 valence electrons. The van der Waals surface area contributed by atoms with Gasteiger partial charge in [0.25, 0.3) is 0 Å². The number of carboxylic acid groups (broad SMARTS) is 1. The van der Waals surface area contributed by atoms with Crippen LogP contribution in [0.25, 0.3) is 0 Å². The highest BCUT2D eigenvalue weighted by Crippen LogP contribution is 2.52. The summed E-state index contributed by atoms with van der Waals surface area (Å²) in [4.78, 5) is 11.1.